The zero-order valence-electron chi connectivity index (χ0n) is 9.75. The zero-order valence-corrected chi connectivity index (χ0v) is 13.7. The van der Waals surface area contributed by atoms with E-state index in [-0.39, 0.29) is 5.91 Å². The summed E-state index contributed by atoms with van der Waals surface area (Å²) in [6, 6.07) is 7.17. The number of hydrogen-bond donors (Lipinski definition) is 1. The van der Waals surface area contributed by atoms with Gasteiger partial charge in [-0.05, 0) is 45.1 Å². The maximum atomic E-state index is 11.8. The van der Waals surface area contributed by atoms with Crippen molar-refractivity contribution in [3.63, 3.8) is 0 Å². The quantitative estimate of drug-likeness (QED) is 0.822. The predicted octanol–water partition coefficient (Wildman–Crippen LogP) is 4.68. The van der Waals surface area contributed by atoms with Gasteiger partial charge >= 0.3 is 0 Å². The third kappa shape index (κ3) is 4.21. The van der Waals surface area contributed by atoms with Gasteiger partial charge in [-0.15, -0.1) is 11.3 Å². The molecule has 0 aliphatic carbocycles. The van der Waals surface area contributed by atoms with Gasteiger partial charge in [0.25, 0.3) is 0 Å². The normalized spacial score (nSPS) is 10.5. The molecule has 0 unspecified atom stereocenters. The van der Waals surface area contributed by atoms with Crippen LogP contribution in [0.1, 0.15) is 10.4 Å². The van der Waals surface area contributed by atoms with Gasteiger partial charge in [-0.25, -0.2) is 0 Å². The van der Waals surface area contributed by atoms with Crippen LogP contribution in [0, 0.1) is 0 Å². The molecule has 0 radical (unpaired) electrons. The van der Waals surface area contributed by atoms with E-state index in [0.29, 0.717) is 23.0 Å². The van der Waals surface area contributed by atoms with Crippen LogP contribution in [0.15, 0.2) is 34.1 Å². The number of benzene rings is 1. The molecule has 0 saturated carbocycles. The van der Waals surface area contributed by atoms with E-state index in [1.54, 1.807) is 29.5 Å². The Morgan fingerprint density at radius 2 is 2.05 bits per heavy atom. The van der Waals surface area contributed by atoms with E-state index < -0.39 is 0 Å². The van der Waals surface area contributed by atoms with Crippen LogP contribution in [0.3, 0.4) is 0 Å². The lowest BCUT2D eigenvalue weighted by Gasteiger charge is -2.05. The van der Waals surface area contributed by atoms with Crippen LogP contribution < -0.4 is 5.32 Å². The Balaban J connectivity index is 1.91. The molecule has 2 aromatic rings. The van der Waals surface area contributed by atoms with Gasteiger partial charge in [0, 0.05) is 9.35 Å². The first-order valence-electron chi connectivity index (χ1n) is 5.49. The number of hydrogen-bond acceptors (Lipinski definition) is 2. The Labute approximate surface area is 133 Å². The third-order valence-corrected chi connectivity index (χ3v) is 5.15. The molecule has 1 aromatic heterocycles. The van der Waals surface area contributed by atoms with E-state index in [4.69, 9.17) is 23.2 Å². The molecular weight excluding hydrogens is 369 g/mol. The Bertz CT molecular complexity index is 600. The average molecular weight is 379 g/mol. The lowest BCUT2D eigenvalue weighted by atomic mass is 10.1. The van der Waals surface area contributed by atoms with Gasteiger partial charge < -0.3 is 5.32 Å². The van der Waals surface area contributed by atoms with Crippen LogP contribution >= 0.6 is 50.5 Å². The fourth-order valence-corrected chi connectivity index (χ4v) is 3.28. The molecule has 0 aliphatic heterocycles. The molecule has 19 heavy (non-hydrogen) atoms. The smallest absolute Gasteiger partial charge is 0.224 e. The number of amides is 1. The summed E-state index contributed by atoms with van der Waals surface area (Å²) in [6.07, 6.45) is 0.292. The Kier molecular flexibility index (Phi) is 5.28. The van der Waals surface area contributed by atoms with Crippen LogP contribution in [0.5, 0.6) is 0 Å². The van der Waals surface area contributed by atoms with Gasteiger partial charge in [-0.1, -0.05) is 29.3 Å². The summed E-state index contributed by atoms with van der Waals surface area (Å²) in [5.74, 6) is -0.0429. The fourth-order valence-electron chi connectivity index (χ4n) is 1.53. The molecule has 2 rings (SSSR count). The van der Waals surface area contributed by atoms with Crippen LogP contribution in [0.4, 0.5) is 0 Å². The van der Waals surface area contributed by atoms with Crippen molar-refractivity contribution in [2.75, 3.05) is 0 Å². The highest BCUT2D eigenvalue weighted by Gasteiger charge is 2.07. The molecule has 0 bridgehead atoms. The van der Waals surface area contributed by atoms with E-state index in [1.165, 1.54) is 0 Å². The second-order valence-corrected chi connectivity index (χ2v) is 6.56. The number of thiophene rings is 1. The minimum Gasteiger partial charge on any atom is -0.351 e. The molecule has 2 nitrogen and oxygen atoms in total. The molecule has 6 heteroatoms. The topological polar surface area (TPSA) is 29.1 Å². The van der Waals surface area contributed by atoms with Crippen molar-refractivity contribution in [2.45, 2.75) is 13.0 Å². The predicted molar refractivity (Wildman–Crippen MR) is 84.0 cm³/mol. The van der Waals surface area contributed by atoms with E-state index in [1.807, 2.05) is 11.4 Å². The number of carbonyl (C=O) groups is 1. The first-order chi connectivity index (χ1) is 9.06. The van der Waals surface area contributed by atoms with E-state index >= 15 is 0 Å². The molecule has 1 N–H and O–H groups in total. The lowest BCUT2D eigenvalue weighted by Crippen LogP contribution is -2.24. The van der Waals surface area contributed by atoms with Gasteiger partial charge in [0.2, 0.25) is 5.91 Å². The maximum Gasteiger partial charge on any atom is 0.224 e. The van der Waals surface area contributed by atoms with Crippen LogP contribution in [-0.2, 0) is 17.8 Å². The zero-order chi connectivity index (χ0) is 13.8. The van der Waals surface area contributed by atoms with Gasteiger partial charge in [-0.2, -0.15) is 0 Å². The molecule has 1 heterocycles. The first kappa shape index (κ1) is 14.9. The van der Waals surface area contributed by atoms with Crippen LogP contribution in [0.2, 0.25) is 10.0 Å². The minimum atomic E-state index is -0.0429. The summed E-state index contributed by atoms with van der Waals surface area (Å²) in [6.45, 7) is 0.526. The molecule has 1 aromatic carbocycles. The van der Waals surface area contributed by atoms with Crippen molar-refractivity contribution < 1.29 is 4.79 Å². The number of rotatable bonds is 4. The Morgan fingerprint density at radius 3 is 2.68 bits per heavy atom. The summed E-state index contributed by atoms with van der Waals surface area (Å²) in [7, 11) is 0. The number of carbonyl (C=O) groups excluding carboxylic acids is 1. The van der Waals surface area contributed by atoms with Crippen molar-refractivity contribution in [1.29, 1.82) is 0 Å². The summed E-state index contributed by atoms with van der Waals surface area (Å²) in [5.41, 5.74) is 0.845. The highest BCUT2D eigenvalue weighted by atomic mass is 79.9. The van der Waals surface area contributed by atoms with Crippen LogP contribution in [-0.4, -0.2) is 5.91 Å². The van der Waals surface area contributed by atoms with Crippen molar-refractivity contribution in [2.24, 2.45) is 0 Å². The largest absolute Gasteiger partial charge is 0.351 e. The van der Waals surface area contributed by atoms with Gasteiger partial charge in [0.1, 0.15) is 0 Å². The van der Waals surface area contributed by atoms with Crippen molar-refractivity contribution in [3.8, 4) is 0 Å². The molecule has 1 amide bonds. The van der Waals surface area contributed by atoms with Crippen molar-refractivity contribution >= 4 is 56.4 Å². The van der Waals surface area contributed by atoms with Gasteiger partial charge in [-0.3, -0.25) is 4.79 Å². The minimum absolute atomic E-state index is 0.0429. The molecule has 0 saturated heterocycles. The monoisotopic (exact) mass is 377 g/mol. The summed E-state index contributed by atoms with van der Waals surface area (Å²) < 4.78 is 1.02. The van der Waals surface area contributed by atoms with E-state index in [0.717, 1.165) is 14.9 Å². The molecule has 0 spiro atoms. The van der Waals surface area contributed by atoms with Crippen molar-refractivity contribution in [1.82, 2.24) is 5.32 Å². The molecule has 0 fully saturated rings. The Hall–Kier alpha value is -0.550. The molecule has 100 valence electrons. The molecular formula is C13H10BrCl2NOS. The lowest BCUT2D eigenvalue weighted by molar-refractivity contribution is -0.120. The van der Waals surface area contributed by atoms with E-state index in [2.05, 4.69) is 21.2 Å². The highest BCUT2D eigenvalue weighted by Crippen LogP contribution is 2.23. The standard InChI is InChI=1S/C13H10BrCl2NOS/c14-9-3-4-19-12(9)7-17-13(18)6-8-1-2-10(15)11(16)5-8/h1-5H,6-7H2,(H,17,18). The summed E-state index contributed by atoms with van der Waals surface area (Å²) >= 11 is 16.8. The maximum absolute atomic E-state index is 11.8. The average Bonchev–Trinajstić information content (AvgIpc) is 2.77. The SMILES string of the molecule is O=C(Cc1ccc(Cl)c(Cl)c1)NCc1sccc1Br. The van der Waals surface area contributed by atoms with Gasteiger partial charge in [0.15, 0.2) is 0 Å². The van der Waals surface area contributed by atoms with Gasteiger partial charge in [0.05, 0.1) is 23.0 Å². The molecule has 0 atom stereocenters. The number of halogens is 3. The van der Waals surface area contributed by atoms with E-state index in [9.17, 15) is 4.79 Å². The van der Waals surface area contributed by atoms with Crippen LogP contribution in [0.25, 0.3) is 0 Å². The summed E-state index contributed by atoms with van der Waals surface area (Å²) in [4.78, 5) is 12.9. The Morgan fingerprint density at radius 1 is 1.26 bits per heavy atom. The molecule has 0 aliphatic rings. The first-order valence-corrected chi connectivity index (χ1v) is 7.91. The summed E-state index contributed by atoms with van der Waals surface area (Å²) in [5, 5.41) is 5.81. The second kappa shape index (κ2) is 6.75. The number of nitrogens with one attached hydrogen (secondary N) is 1. The fraction of sp³-hybridized carbons (Fsp3) is 0.154. The third-order valence-electron chi connectivity index (χ3n) is 2.49. The van der Waals surface area contributed by atoms with Crippen molar-refractivity contribution in [3.05, 3.63) is 54.6 Å². The highest BCUT2D eigenvalue weighted by molar-refractivity contribution is 9.10. The second-order valence-electron chi connectivity index (χ2n) is 3.89.